The molecule has 0 bridgehead atoms. The second-order valence-corrected chi connectivity index (χ2v) is 15.0. The number of nitrogens with one attached hydrogen (secondary N) is 1. The molecule has 0 radical (unpaired) electrons. The number of hydrogen-bond acceptors (Lipinski definition) is 6. The third-order valence-corrected chi connectivity index (χ3v) is 9.06. The van der Waals surface area contributed by atoms with Gasteiger partial charge in [0.25, 0.3) is 7.82 Å². The molecule has 0 heterocycles. The molecule has 0 fully saturated rings. The van der Waals surface area contributed by atoms with Gasteiger partial charge in [0.1, 0.15) is 13.2 Å². The number of aliphatic hydroxyl groups excluding tert-OH is 1. The number of phosphoric ester groups is 1. The number of unbranched alkanes of at least 4 members (excludes halogenated alkanes) is 19. The lowest BCUT2D eigenvalue weighted by Gasteiger charge is -2.30. The van der Waals surface area contributed by atoms with Gasteiger partial charge in [0.05, 0.1) is 39.9 Å². The molecule has 0 spiro atoms. The van der Waals surface area contributed by atoms with E-state index in [1.807, 2.05) is 21.1 Å². The van der Waals surface area contributed by atoms with E-state index in [1.54, 1.807) is 0 Å². The lowest BCUT2D eigenvalue weighted by molar-refractivity contribution is -0.870. The molecule has 0 rings (SSSR count). The van der Waals surface area contributed by atoms with Gasteiger partial charge in [0.15, 0.2) is 0 Å². The molecule has 9 heteroatoms. The van der Waals surface area contributed by atoms with Gasteiger partial charge in [-0.2, -0.15) is 0 Å². The molecule has 0 aromatic rings. The van der Waals surface area contributed by atoms with Gasteiger partial charge in [0, 0.05) is 6.42 Å². The van der Waals surface area contributed by atoms with Crippen molar-refractivity contribution < 1.29 is 32.9 Å². The maximum absolute atomic E-state index is 12.7. The Labute approximate surface area is 266 Å². The first kappa shape index (κ1) is 42.5. The van der Waals surface area contributed by atoms with Gasteiger partial charge < -0.3 is 28.8 Å². The van der Waals surface area contributed by atoms with Crippen LogP contribution in [0.25, 0.3) is 0 Å². The van der Waals surface area contributed by atoms with E-state index in [0.717, 1.165) is 38.5 Å². The van der Waals surface area contributed by atoms with E-state index in [0.29, 0.717) is 23.9 Å². The lowest BCUT2D eigenvalue weighted by atomic mass is 10.0. The maximum Gasteiger partial charge on any atom is 0.268 e. The Morgan fingerprint density at radius 1 is 0.721 bits per heavy atom. The number of rotatable bonds is 32. The summed E-state index contributed by atoms with van der Waals surface area (Å²) in [6.45, 7) is 4.67. The molecule has 0 aromatic carbocycles. The number of aliphatic hydroxyl groups is 1. The number of nitrogens with zero attached hydrogens (tertiary/aromatic N) is 1. The van der Waals surface area contributed by atoms with Crippen LogP contribution in [0.1, 0.15) is 162 Å². The van der Waals surface area contributed by atoms with Crippen molar-refractivity contribution in [3.8, 4) is 0 Å². The van der Waals surface area contributed by atoms with Crippen LogP contribution in [0, 0.1) is 0 Å². The Balaban J connectivity index is 4.48. The van der Waals surface area contributed by atoms with Crippen molar-refractivity contribution in [2.24, 2.45) is 0 Å². The van der Waals surface area contributed by atoms with Gasteiger partial charge in [-0.1, -0.05) is 142 Å². The van der Waals surface area contributed by atoms with Crippen LogP contribution >= 0.6 is 7.82 Å². The van der Waals surface area contributed by atoms with Gasteiger partial charge in [-0.05, 0) is 12.8 Å². The summed E-state index contributed by atoms with van der Waals surface area (Å²) in [5.74, 6) is -0.168. The minimum Gasteiger partial charge on any atom is -0.756 e. The highest BCUT2D eigenvalue weighted by molar-refractivity contribution is 7.45. The van der Waals surface area contributed by atoms with Crippen LogP contribution in [0.2, 0.25) is 0 Å². The minimum atomic E-state index is -4.54. The van der Waals surface area contributed by atoms with Gasteiger partial charge in [0.2, 0.25) is 5.91 Å². The van der Waals surface area contributed by atoms with E-state index >= 15 is 0 Å². The molecular weight excluding hydrogens is 563 g/mol. The molecule has 0 saturated carbocycles. The molecule has 1 unspecified atom stereocenters. The van der Waals surface area contributed by atoms with Crippen LogP contribution < -0.4 is 10.2 Å². The van der Waals surface area contributed by atoms with Crippen molar-refractivity contribution >= 4 is 13.7 Å². The monoisotopic (exact) mass is 635 g/mol. The number of likely N-dealkylation sites (N-methyl/N-ethyl adjacent to an activating group) is 1. The Morgan fingerprint density at radius 2 is 1.14 bits per heavy atom. The normalized spacial score (nSPS) is 14.9. The molecule has 0 aromatic heterocycles. The van der Waals surface area contributed by atoms with E-state index in [2.05, 4.69) is 19.2 Å². The van der Waals surface area contributed by atoms with Crippen molar-refractivity contribution in [1.29, 1.82) is 0 Å². The molecule has 43 heavy (non-hydrogen) atoms. The highest BCUT2D eigenvalue weighted by Crippen LogP contribution is 2.38. The summed E-state index contributed by atoms with van der Waals surface area (Å²) < 4.78 is 23.1. The fourth-order valence-electron chi connectivity index (χ4n) is 5.16. The molecule has 0 saturated heterocycles. The van der Waals surface area contributed by atoms with E-state index < -0.39 is 20.0 Å². The second kappa shape index (κ2) is 27.8. The standard InChI is InChI=1S/C34H71N2O6P/c1-6-8-10-12-14-16-17-18-20-22-24-26-28-34(38)35-32(31-42-43(39,40)41-30-29-36(3,4)5)33(37)27-25-23-21-19-15-13-11-9-7-2/h32-33,37H,6-31H2,1-5H3,(H-,35,38,39,40)/t32-,33+/m0/s1. The average Bonchev–Trinajstić information content (AvgIpc) is 2.94. The smallest absolute Gasteiger partial charge is 0.268 e. The second-order valence-electron chi connectivity index (χ2n) is 13.6. The van der Waals surface area contributed by atoms with E-state index in [9.17, 15) is 19.4 Å². The fraction of sp³-hybridized carbons (Fsp3) is 0.971. The summed E-state index contributed by atoms with van der Waals surface area (Å²) in [7, 11) is 1.31. The molecule has 0 aliphatic carbocycles. The largest absolute Gasteiger partial charge is 0.756 e. The van der Waals surface area contributed by atoms with Gasteiger partial charge in [-0.25, -0.2) is 0 Å². The summed E-state index contributed by atoms with van der Waals surface area (Å²) in [5.41, 5.74) is 0. The van der Waals surface area contributed by atoms with Gasteiger partial charge >= 0.3 is 0 Å². The highest BCUT2D eigenvalue weighted by Gasteiger charge is 2.24. The van der Waals surface area contributed by atoms with Crippen LogP contribution in [-0.4, -0.2) is 68.5 Å². The molecule has 2 N–H and O–H groups in total. The highest BCUT2D eigenvalue weighted by atomic mass is 31.2. The topological polar surface area (TPSA) is 108 Å². The average molecular weight is 635 g/mol. The third kappa shape index (κ3) is 29.9. The predicted molar refractivity (Wildman–Crippen MR) is 178 cm³/mol. The summed E-state index contributed by atoms with van der Waals surface area (Å²) in [5, 5.41) is 13.7. The fourth-order valence-corrected chi connectivity index (χ4v) is 5.88. The van der Waals surface area contributed by atoms with E-state index in [4.69, 9.17) is 9.05 Å². The number of phosphoric acid groups is 1. The summed E-state index contributed by atoms with van der Waals surface area (Å²) in [4.78, 5) is 25.0. The van der Waals surface area contributed by atoms with Crippen LogP contribution in [0.3, 0.4) is 0 Å². The number of carbonyl (C=O) groups is 1. The first-order valence-electron chi connectivity index (χ1n) is 17.9. The first-order valence-corrected chi connectivity index (χ1v) is 19.3. The zero-order valence-electron chi connectivity index (χ0n) is 28.9. The van der Waals surface area contributed by atoms with E-state index in [1.165, 1.54) is 96.3 Å². The van der Waals surface area contributed by atoms with Gasteiger partial charge in [-0.3, -0.25) is 9.36 Å². The zero-order chi connectivity index (χ0) is 32.2. The maximum atomic E-state index is 12.7. The van der Waals surface area contributed by atoms with Crippen LogP contribution in [0.4, 0.5) is 0 Å². The van der Waals surface area contributed by atoms with Crippen LogP contribution in [-0.2, 0) is 18.4 Å². The van der Waals surface area contributed by atoms with Crippen molar-refractivity contribution in [3.05, 3.63) is 0 Å². The summed E-state index contributed by atoms with van der Waals surface area (Å²) in [6, 6.07) is -0.789. The number of carbonyl (C=O) groups excluding carboxylic acids is 1. The number of hydrogen-bond donors (Lipinski definition) is 2. The minimum absolute atomic E-state index is 0.0151. The number of amides is 1. The number of quaternary nitrogens is 1. The third-order valence-electron chi connectivity index (χ3n) is 8.10. The Morgan fingerprint density at radius 3 is 1.58 bits per heavy atom. The van der Waals surface area contributed by atoms with Crippen molar-refractivity contribution in [3.63, 3.8) is 0 Å². The molecule has 0 aliphatic heterocycles. The molecular formula is C34H71N2O6P. The molecule has 258 valence electrons. The molecule has 8 nitrogen and oxygen atoms in total. The zero-order valence-corrected chi connectivity index (χ0v) is 29.8. The Hall–Kier alpha value is -0.500. The van der Waals surface area contributed by atoms with Crippen LogP contribution in [0.15, 0.2) is 0 Å². The predicted octanol–water partition coefficient (Wildman–Crippen LogP) is 8.05. The van der Waals surface area contributed by atoms with Gasteiger partial charge in [-0.15, -0.1) is 0 Å². The first-order chi connectivity index (χ1) is 20.5. The quantitative estimate of drug-likeness (QED) is 0.0440. The molecule has 3 atom stereocenters. The Bertz CT molecular complexity index is 688. The SMILES string of the molecule is CCCCCCCCCCCCCCC(=O)N[C@@H](COP(=O)([O-])OCC[N+](C)(C)C)[C@H](O)CCCCCCCCCCC. The summed E-state index contributed by atoms with van der Waals surface area (Å²) in [6.07, 6.45) is 25.3. The molecule has 0 aliphatic rings. The molecule has 1 amide bonds. The van der Waals surface area contributed by atoms with E-state index in [-0.39, 0.29) is 19.1 Å². The van der Waals surface area contributed by atoms with Crippen molar-refractivity contribution in [2.75, 3.05) is 40.9 Å². The van der Waals surface area contributed by atoms with Crippen molar-refractivity contribution in [1.82, 2.24) is 5.32 Å². The van der Waals surface area contributed by atoms with Crippen molar-refractivity contribution in [2.45, 2.75) is 174 Å². The Kier molecular flexibility index (Phi) is 27.5. The lowest BCUT2D eigenvalue weighted by Crippen LogP contribution is -2.46. The van der Waals surface area contributed by atoms with Crippen LogP contribution in [0.5, 0.6) is 0 Å². The summed E-state index contributed by atoms with van der Waals surface area (Å²) >= 11 is 0.